The van der Waals surface area contributed by atoms with Gasteiger partial charge in [0.05, 0.1) is 12.5 Å². The van der Waals surface area contributed by atoms with Crippen LogP contribution in [0.2, 0.25) is 0 Å². The number of ether oxygens (including phenoxy) is 1. The van der Waals surface area contributed by atoms with Crippen LogP contribution in [-0.2, 0) is 17.9 Å². The molecule has 0 bridgehead atoms. The van der Waals surface area contributed by atoms with Crippen LogP contribution in [-0.4, -0.2) is 11.3 Å². The number of halogens is 7. The number of rotatable bonds is 3. The Labute approximate surface area is 117 Å². The number of aromatic nitrogens is 1. The molecule has 10 heteroatoms. The molecular formula is C10H5BrF6N2O. The van der Waals surface area contributed by atoms with Crippen molar-refractivity contribution >= 4 is 15.9 Å². The van der Waals surface area contributed by atoms with Crippen molar-refractivity contribution in [1.82, 2.24) is 4.98 Å². The molecule has 0 fully saturated rings. The van der Waals surface area contributed by atoms with Gasteiger partial charge in [-0.05, 0) is 5.56 Å². The van der Waals surface area contributed by atoms with Crippen molar-refractivity contribution in [2.75, 3.05) is 0 Å². The minimum atomic E-state index is -5.32. The van der Waals surface area contributed by atoms with Gasteiger partial charge in [0.2, 0.25) is 0 Å². The lowest BCUT2D eigenvalue weighted by atomic mass is 10.1. The summed E-state index contributed by atoms with van der Waals surface area (Å²) < 4.78 is 78.2. The van der Waals surface area contributed by atoms with Crippen LogP contribution in [0.15, 0.2) is 6.20 Å². The molecule has 0 aliphatic heterocycles. The molecule has 0 aliphatic carbocycles. The first-order chi connectivity index (χ1) is 9.10. The Bertz CT molecular complexity index is 534. The number of alkyl halides is 7. The molecule has 1 rings (SSSR count). The first-order valence-corrected chi connectivity index (χ1v) is 5.99. The quantitative estimate of drug-likeness (QED) is 0.603. The molecule has 0 unspecified atom stereocenters. The summed E-state index contributed by atoms with van der Waals surface area (Å²) in [5.74, 6) is -1.48. The summed E-state index contributed by atoms with van der Waals surface area (Å²) in [4.78, 5) is 2.96. The lowest BCUT2D eigenvalue weighted by Gasteiger charge is -2.18. The summed E-state index contributed by atoms with van der Waals surface area (Å²) in [7, 11) is 0. The zero-order valence-electron chi connectivity index (χ0n) is 9.44. The van der Waals surface area contributed by atoms with E-state index in [-0.39, 0.29) is 10.9 Å². The van der Waals surface area contributed by atoms with E-state index in [0.717, 1.165) is 6.20 Å². The standard InChI is InChI=1S/C10H5BrF6N2O/c11-3-5-4-19-8(9(12,13)14)7(6(5)1-2-18)20-10(15,16)17/h4H,1,3H2. The van der Waals surface area contributed by atoms with Crippen LogP contribution >= 0.6 is 15.9 Å². The van der Waals surface area contributed by atoms with Crippen molar-refractivity contribution in [1.29, 1.82) is 5.26 Å². The highest BCUT2D eigenvalue weighted by Gasteiger charge is 2.42. The second-order valence-electron chi connectivity index (χ2n) is 3.45. The monoisotopic (exact) mass is 362 g/mol. The highest BCUT2D eigenvalue weighted by Crippen LogP contribution is 2.40. The Balaban J connectivity index is 3.55. The van der Waals surface area contributed by atoms with E-state index in [0.29, 0.717) is 0 Å². The minimum Gasteiger partial charge on any atom is -0.403 e. The van der Waals surface area contributed by atoms with Crippen LogP contribution < -0.4 is 4.74 Å². The van der Waals surface area contributed by atoms with Gasteiger partial charge >= 0.3 is 12.5 Å². The Morgan fingerprint density at radius 3 is 2.25 bits per heavy atom. The third-order valence-corrected chi connectivity index (χ3v) is 2.72. The second kappa shape index (κ2) is 5.87. The van der Waals surface area contributed by atoms with E-state index < -0.39 is 36.0 Å². The van der Waals surface area contributed by atoms with Gasteiger partial charge in [-0.15, -0.1) is 13.2 Å². The largest absolute Gasteiger partial charge is 0.573 e. The van der Waals surface area contributed by atoms with Gasteiger partial charge in [0.25, 0.3) is 0 Å². The first kappa shape index (κ1) is 16.6. The number of hydrogen-bond donors (Lipinski definition) is 0. The molecule has 3 nitrogen and oxygen atoms in total. The number of pyridine rings is 1. The van der Waals surface area contributed by atoms with Crippen LogP contribution in [0.3, 0.4) is 0 Å². The van der Waals surface area contributed by atoms with Crippen LogP contribution in [0.4, 0.5) is 26.3 Å². The maximum atomic E-state index is 12.7. The van der Waals surface area contributed by atoms with Crippen molar-refractivity contribution < 1.29 is 31.1 Å². The molecule has 1 aromatic rings. The molecule has 0 atom stereocenters. The van der Waals surface area contributed by atoms with Crippen LogP contribution in [0.5, 0.6) is 5.75 Å². The van der Waals surface area contributed by atoms with E-state index in [4.69, 9.17) is 5.26 Å². The van der Waals surface area contributed by atoms with Gasteiger partial charge in [0, 0.05) is 17.1 Å². The van der Waals surface area contributed by atoms with Gasteiger partial charge in [-0.3, -0.25) is 0 Å². The lowest BCUT2D eigenvalue weighted by molar-refractivity contribution is -0.276. The second-order valence-corrected chi connectivity index (χ2v) is 4.01. The average Bonchev–Trinajstić information content (AvgIpc) is 2.27. The number of nitrogens with zero attached hydrogens (tertiary/aromatic N) is 2. The van der Waals surface area contributed by atoms with E-state index in [1.54, 1.807) is 0 Å². The van der Waals surface area contributed by atoms with Crippen molar-refractivity contribution in [2.45, 2.75) is 24.3 Å². The zero-order valence-corrected chi connectivity index (χ0v) is 11.0. The fourth-order valence-electron chi connectivity index (χ4n) is 1.38. The molecule has 1 aromatic heterocycles. The van der Waals surface area contributed by atoms with Crippen molar-refractivity contribution in [2.24, 2.45) is 0 Å². The van der Waals surface area contributed by atoms with Crippen molar-refractivity contribution in [3.05, 3.63) is 23.0 Å². The van der Waals surface area contributed by atoms with Gasteiger partial charge in [0.1, 0.15) is 0 Å². The Morgan fingerprint density at radius 2 is 1.85 bits per heavy atom. The van der Waals surface area contributed by atoms with Crippen LogP contribution in [0.25, 0.3) is 0 Å². The molecule has 0 N–H and O–H groups in total. The maximum Gasteiger partial charge on any atom is 0.573 e. The molecule has 20 heavy (non-hydrogen) atoms. The highest BCUT2D eigenvalue weighted by atomic mass is 79.9. The summed E-state index contributed by atoms with van der Waals surface area (Å²) in [5, 5.41) is 8.49. The topological polar surface area (TPSA) is 45.9 Å². The Hall–Kier alpha value is -1.50. The predicted octanol–water partition coefficient (Wildman–Crippen LogP) is 3.96. The third kappa shape index (κ3) is 4.00. The smallest absolute Gasteiger partial charge is 0.403 e. The molecule has 0 saturated heterocycles. The molecule has 0 aromatic carbocycles. The Morgan fingerprint density at radius 1 is 1.25 bits per heavy atom. The molecule has 0 aliphatic rings. The van der Waals surface area contributed by atoms with Crippen molar-refractivity contribution in [3.63, 3.8) is 0 Å². The van der Waals surface area contributed by atoms with Gasteiger partial charge in [0.15, 0.2) is 11.4 Å². The van der Waals surface area contributed by atoms with Gasteiger partial charge in [-0.25, -0.2) is 4.98 Å². The summed E-state index contributed by atoms with van der Waals surface area (Å²) in [6.45, 7) is 0. The van der Waals surface area contributed by atoms with Crippen molar-refractivity contribution in [3.8, 4) is 11.8 Å². The molecule has 0 radical (unpaired) electrons. The van der Waals surface area contributed by atoms with Gasteiger partial charge in [-0.2, -0.15) is 18.4 Å². The van der Waals surface area contributed by atoms with E-state index in [1.807, 2.05) is 0 Å². The number of nitriles is 1. The minimum absolute atomic E-state index is 0.0128. The van der Waals surface area contributed by atoms with Crippen LogP contribution in [0.1, 0.15) is 16.8 Å². The van der Waals surface area contributed by atoms with E-state index in [9.17, 15) is 26.3 Å². The fourth-order valence-corrected chi connectivity index (χ4v) is 1.87. The molecule has 0 saturated carbocycles. The summed E-state index contributed by atoms with van der Waals surface area (Å²) in [5.41, 5.74) is -2.30. The lowest BCUT2D eigenvalue weighted by Crippen LogP contribution is -2.23. The maximum absolute atomic E-state index is 12.7. The molecule has 1 heterocycles. The SMILES string of the molecule is N#CCc1c(CBr)cnc(C(F)(F)F)c1OC(F)(F)F. The summed E-state index contributed by atoms with van der Waals surface area (Å²) in [6, 6.07) is 1.50. The summed E-state index contributed by atoms with van der Waals surface area (Å²) >= 11 is 2.90. The van der Waals surface area contributed by atoms with E-state index in [1.165, 1.54) is 6.07 Å². The number of hydrogen-bond acceptors (Lipinski definition) is 3. The Kier molecular flexibility index (Phi) is 4.86. The van der Waals surface area contributed by atoms with E-state index >= 15 is 0 Å². The summed E-state index contributed by atoms with van der Waals surface area (Å²) in [6.07, 6.45) is -10.4. The first-order valence-electron chi connectivity index (χ1n) is 4.86. The van der Waals surface area contributed by atoms with Gasteiger partial charge in [-0.1, -0.05) is 15.9 Å². The average molecular weight is 363 g/mol. The molecular weight excluding hydrogens is 358 g/mol. The highest BCUT2D eigenvalue weighted by molar-refractivity contribution is 9.08. The van der Waals surface area contributed by atoms with Crippen LogP contribution in [0, 0.1) is 11.3 Å². The third-order valence-electron chi connectivity index (χ3n) is 2.11. The molecule has 0 spiro atoms. The van der Waals surface area contributed by atoms with Gasteiger partial charge < -0.3 is 4.74 Å². The fraction of sp³-hybridized carbons (Fsp3) is 0.400. The zero-order chi connectivity index (χ0) is 15.6. The van der Waals surface area contributed by atoms with E-state index in [2.05, 4.69) is 25.7 Å². The predicted molar refractivity (Wildman–Crippen MR) is 57.9 cm³/mol. The normalized spacial score (nSPS) is 12.1. The molecule has 0 amide bonds. The molecule has 110 valence electrons.